The molecule has 1 unspecified atom stereocenters. The minimum absolute atomic E-state index is 0.0228. The van der Waals surface area contributed by atoms with Crippen molar-refractivity contribution in [3.05, 3.63) is 0 Å². The summed E-state index contributed by atoms with van der Waals surface area (Å²) in [6.45, 7) is 13.8. The van der Waals surface area contributed by atoms with E-state index in [1.54, 1.807) is 0 Å². The summed E-state index contributed by atoms with van der Waals surface area (Å²) in [5.74, 6) is -2.35. The van der Waals surface area contributed by atoms with Gasteiger partial charge in [-0.3, -0.25) is 14.4 Å². The van der Waals surface area contributed by atoms with Crippen molar-refractivity contribution >= 4 is 26.2 Å². The molecule has 0 aromatic heterocycles. The standard InChI is InChI=1S/C17H31NO6Si/c1-10(24-25(8,9)16(2,3)4)11-12(18-13(11)19)17(5,14(20)22-6)15(21)23-7/h10-12H,1-9H3,(H,18,19)/t10-,11-,12?/m1/s1. The third-order valence-corrected chi connectivity index (χ3v) is 10.2. The fraction of sp³-hybridized carbons (Fsp3) is 0.824. The van der Waals surface area contributed by atoms with Gasteiger partial charge in [0.25, 0.3) is 0 Å². The van der Waals surface area contributed by atoms with Crippen molar-refractivity contribution in [1.82, 2.24) is 5.32 Å². The maximum absolute atomic E-state index is 12.3. The largest absolute Gasteiger partial charge is 0.468 e. The third kappa shape index (κ3) is 3.74. The van der Waals surface area contributed by atoms with Gasteiger partial charge >= 0.3 is 11.9 Å². The Morgan fingerprint density at radius 1 is 1.08 bits per heavy atom. The van der Waals surface area contributed by atoms with Gasteiger partial charge < -0.3 is 19.2 Å². The summed E-state index contributed by atoms with van der Waals surface area (Å²) in [7, 11) is 0.291. The number of methoxy groups -OCH3 is 2. The zero-order valence-electron chi connectivity index (χ0n) is 16.7. The quantitative estimate of drug-likeness (QED) is 0.331. The van der Waals surface area contributed by atoms with E-state index in [4.69, 9.17) is 13.9 Å². The summed E-state index contributed by atoms with van der Waals surface area (Å²) in [6, 6.07) is -0.736. The van der Waals surface area contributed by atoms with E-state index in [0.29, 0.717) is 0 Å². The van der Waals surface area contributed by atoms with Crippen LogP contribution >= 0.6 is 0 Å². The lowest BCUT2D eigenvalue weighted by molar-refractivity contribution is -0.177. The second-order valence-electron chi connectivity index (χ2n) is 8.28. The highest BCUT2D eigenvalue weighted by molar-refractivity contribution is 6.74. The molecule has 3 atom stereocenters. The SMILES string of the molecule is COC(=O)C(C)(C(=O)OC)C1NC(=O)[C@@H]1[C@@H](C)O[Si](C)(C)C(C)(C)C. The minimum Gasteiger partial charge on any atom is -0.468 e. The average Bonchev–Trinajstić information content (AvgIpc) is 2.48. The molecule has 7 nitrogen and oxygen atoms in total. The van der Waals surface area contributed by atoms with E-state index in [-0.39, 0.29) is 10.9 Å². The fourth-order valence-corrected chi connectivity index (χ4v) is 4.29. The molecule has 0 aromatic carbocycles. The lowest BCUT2D eigenvalue weighted by atomic mass is 9.69. The van der Waals surface area contributed by atoms with Gasteiger partial charge in [0.15, 0.2) is 13.7 Å². The summed E-state index contributed by atoms with van der Waals surface area (Å²) in [5.41, 5.74) is -1.62. The van der Waals surface area contributed by atoms with Gasteiger partial charge in [0.2, 0.25) is 5.91 Å². The maximum atomic E-state index is 12.3. The molecular weight excluding hydrogens is 342 g/mol. The van der Waals surface area contributed by atoms with Crippen LogP contribution in [0.25, 0.3) is 0 Å². The lowest BCUT2D eigenvalue weighted by Crippen LogP contribution is -2.72. The zero-order valence-corrected chi connectivity index (χ0v) is 17.7. The van der Waals surface area contributed by atoms with Crippen molar-refractivity contribution in [3.63, 3.8) is 0 Å². The van der Waals surface area contributed by atoms with Gasteiger partial charge in [-0.1, -0.05) is 20.8 Å². The zero-order chi connectivity index (χ0) is 19.8. The van der Waals surface area contributed by atoms with Crippen LogP contribution in [0.4, 0.5) is 0 Å². The van der Waals surface area contributed by atoms with Crippen molar-refractivity contribution in [2.45, 2.75) is 64.9 Å². The second kappa shape index (κ2) is 7.07. The molecular formula is C17H31NO6Si. The van der Waals surface area contributed by atoms with Crippen LogP contribution in [0.2, 0.25) is 18.1 Å². The number of carbonyl (C=O) groups excluding carboxylic acids is 3. The highest BCUT2D eigenvalue weighted by atomic mass is 28.4. The first-order valence-corrected chi connectivity index (χ1v) is 11.3. The first-order valence-electron chi connectivity index (χ1n) is 8.39. The fourth-order valence-electron chi connectivity index (χ4n) is 2.86. The summed E-state index contributed by atoms with van der Waals surface area (Å²) in [6.07, 6.45) is -0.437. The molecule has 1 N–H and O–H groups in total. The Kier molecular flexibility index (Phi) is 6.12. The molecule has 8 heteroatoms. The van der Waals surface area contributed by atoms with Crippen molar-refractivity contribution in [1.29, 1.82) is 0 Å². The van der Waals surface area contributed by atoms with E-state index in [1.165, 1.54) is 21.1 Å². The molecule has 0 spiro atoms. The Balaban J connectivity index is 3.13. The van der Waals surface area contributed by atoms with Crippen LogP contribution in [0, 0.1) is 11.3 Å². The first-order chi connectivity index (χ1) is 11.2. The van der Waals surface area contributed by atoms with E-state index in [0.717, 1.165) is 0 Å². The Labute approximate surface area is 150 Å². The molecule has 1 rings (SSSR count). The van der Waals surface area contributed by atoms with E-state index >= 15 is 0 Å². The van der Waals surface area contributed by atoms with Gasteiger partial charge in [-0.05, 0) is 32.0 Å². The molecule has 25 heavy (non-hydrogen) atoms. The molecule has 1 fully saturated rings. The average molecular weight is 374 g/mol. The van der Waals surface area contributed by atoms with Crippen LogP contribution in [-0.2, 0) is 28.3 Å². The van der Waals surface area contributed by atoms with E-state index in [2.05, 4.69) is 39.2 Å². The lowest BCUT2D eigenvalue weighted by Gasteiger charge is -2.49. The number of β-lactam (4-membered cyclic amide) rings is 1. The molecule has 0 aromatic rings. The molecule has 1 heterocycles. The van der Waals surface area contributed by atoms with Crippen molar-refractivity contribution in [2.24, 2.45) is 11.3 Å². The van der Waals surface area contributed by atoms with Crippen LogP contribution in [0.3, 0.4) is 0 Å². The van der Waals surface area contributed by atoms with E-state index < -0.39 is 43.7 Å². The smallest absolute Gasteiger partial charge is 0.325 e. The van der Waals surface area contributed by atoms with Crippen LogP contribution < -0.4 is 5.32 Å². The molecule has 1 amide bonds. The molecule has 1 saturated heterocycles. The highest BCUT2D eigenvalue weighted by Gasteiger charge is 2.62. The summed E-state index contributed by atoms with van der Waals surface area (Å²) >= 11 is 0. The van der Waals surface area contributed by atoms with Gasteiger partial charge in [-0.25, -0.2) is 0 Å². The van der Waals surface area contributed by atoms with Crippen LogP contribution in [0.15, 0.2) is 0 Å². The molecule has 0 radical (unpaired) electrons. The number of rotatable bonds is 6. The van der Waals surface area contributed by atoms with Gasteiger partial charge in [-0.2, -0.15) is 0 Å². The number of nitrogens with one attached hydrogen (secondary N) is 1. The Hall–Kier alpha value is -1.41. The van der Waals surface area contributed by atoms with Crippen LogP contribution in [0.5, 0.6) is 0 Å². The summed E-state index contributed by atoms with van der Waals surface area (Å²) < 4.78 is 15.9. The molecule has 1 aliphatic heterocycles. The topological polar surface area (TPSA) is 90.9 Å². The van der Waals surface area contributed by atoms with Crippen LogP contribution in [0.1, 0.15) is 34.6 Å². The summed E-state index contributed by atoms with van der Waals surface area (Å²) in [4.78, 5) is 36.8. The van der Waals surface area contributed by atoms with Gasteiger partial charge in [0.1, 0.15) is 0 Å². The number of hydrogen-bond donors (Lipinski definition) is 1. The number of amides is 1. The maximum Gasteiger partial charge on any atom is 0.325 e. The third-order valence-electron chi connectivity index (χ3n) is 5.59. The number of ether oxygens (including phenoxy) is 2. The van der Waals surface area contributed by atoms with Crippen molar-refractivity contribution < 1.29 is 28.3 Å². The number of carbonyl (C=O) groups is 3. The summed E-state index contributed by atoms with van der Waals surface area (Å²) in [5, 5.41) is 2.64. The predicted molar refractivity (Wildman–Crippen MR) is 95.3 cm³/mol. The molecule has 1 aliphatic rings. The number of hydrogen-bond acceptors (Lipinski definition) is 6. The minimum atomic E-state index is -2.11. The molecule has 0 saturated carbocycles. The Morgan fingerprint density at radius 2 is 1.52 bits per heavy atom. The Morgan fingerprint density at radius 3 is 1.84 bits per heavy atom. The Bertz CT molecular complexity index is 538. The second-order valence-corrected chi connectivity index (χ2v) is 13.0. The van der Waals surface area contributed by atoms with E-state index in [1.807, 2.05) is 6.92 Å². The molecule has 0 bridgehead atoms. The first kappa shape index (κ1) is 21.6. The monoisotopic (exact) mass is 373 g/mol. The van der Waals surface area contributed by atoms with Crippen LogP contribution in [-0.4, -0.2) is 52.5 Å². The van der Waals surface area contributed by atoms with Gasteiger partial charge in [0.05, 0.1) is 32.3 Å². The number of esters is 2. The predicted octanol–water partition coefficient (Wildman–Crippen LogP) is 1.86. The van der Waals surface area contributed by atoms with Gasteiger partial charge in [0, 0.05) is 0 Å². The van der Waals surface area contributed by atoms with Gasteiger partial charge in [-0.15, -0.1) is 0 Å². The van der Waals surface area contributed by atoms with E-state index in [9.17, 15) is 14.4 Å². The molecule has 144 valence electrons. The molecule has 0 aliphatic carbocycles. The van der Waals surface area contributed by atoms with Crippen molar-refractivity contribution in [2.75, 3.05) is 14.2 Å². The normalized spacial score (nSPS) is 22.5. The van der Waals surface area contributed by atoms with Crippen molar-refractivity contribution in [3.8, 4) is 0 Å². The highest BCUT2D eigenvalue weighted by Crippen LogP contribution is 2.42.